The smallest absolute Gasteiger partial charge is 1.00 e. The number of benzene rings is 4. The van der Waals surface area contributed by atoms with Crippen molar-refractivity contribution in [1.82, 2.24) is 5.32 Å². The summed E-state index contributed by atoms with van der Waals surface area (Å²) in [7, 11) is -4.24. The predicted molar refractivity (Wildman–Crippen MR) is 151 cm³/mol. The molecule has 1 aliphatic rings. The van der Waals surface area contributed by atoms with Gasteiger partial charge in [-0.25, -0.2) is 8.42 Å². The molecule has 2 N–H and O–H groups in total. The van der Waals surface area contributed by atoms with Crippen molar-refractivity contribution in [2.75, 3.05) is 4.31 Å². The number of halogens is 3. The monoisotopic (exact) mass is 618 g/mol. The first-order chi connectivity index (χ1) is 19.9. The Hall–Kier alpha value is -3.64. The number of anilines is 1. The van der Waals surface area contributed by atoms with E-state index in [0.29, 0.717) is 27.9 Å². The molecule has 43 heavy (non-hydrogen) atoms. The number of hydrogen-bond donors (Lipinski definition) is 2. The van der Waals surface area contributed by atoms with Crippen LogP contribution in [0.25, 0.3) is 11.1 Å². The van der Waals surface area contributed by atoms with Crippen LogP contribution in [0.15, 0.2) is 102 Å². The largest absolute Gasteiger partial charge is 1.00 e. The van der Waals surface area contributed by atoms with Gasteiger partial charge in [-0.15, -0.1) is 0 Å². The summed E-state index contributed by atoms with van der Waals surface area (Å²) in [4.78, 5) is 24.1. The first kappa shape index (κ1) is 32.3. The van der Waals surface area contributed by atoms with Crippen LogP contribution in [0.5, 0.6) is 0 Å². The van der Waals surface area contributed by atoms with Crippen LogP contribution >= 0.6 is 0 Å². The maximum Gasteiger partial charge on any atom is 1.00 e. The maximum atomic E-state index is 13.9. The minimum absolute atomic E-state index is 0. The first-order valence-electron chi connectivity index (χ1n) is 12.9. The zero-order valence-electron chi connectivity index (χ0n) is 24.0. The molecule has 218 valence electrons. The quantitative estimate of drug-likeness (QED) is 0.296. The molecule has 0 fully saturated rings. The molecular weight excluding hydrogens is 592 g/mol. The van der Waals surface area contributed by atoms with Gasteiger partial charge in [0, 0.05) is 13.0 Å². The number of amides is 1. The van der Waals surface area contributed by atoms with Crippen molar-refractivity contribution in [2.24, 2.45) is 0 Å². The van der Waals surface area contributed by atoms with Gasteiger partial charge in [0.1, 0.15) is 6.04 Å². The van der Waals surface area contributed by atoms with Crippen molar-refractivity contribution in [3.8, 4) is 11.1 Å². The number of nitrogens with zero attached hydrogens (tertiary/aromatic N) is 1. The number of carbonyl (C=O) groups is 2. The van der Waals surface area contributed by atoms with Crippen molar-refractivity contribution in [2.45, 2.75) is 36.5 Å². The van der Waals surface area contributed by atoms with Gasteiger partial charge in [0.05, 0.1) is 22.6 Å². The molecule has 0 radical (unpaired) electrons. The molecule has 7 nitrogen and oxygen atoms in total. The molecular formula is C31H26F3N2NaO5S. The van der Waals surface area contributed by atoms with Crippen LogP contribution in [0.1, 0.15) is 23.7 Å². The van der Waals surface area contributed by atoms with Gasteiger partial charge in [-0.3, -0.25) is 13.9 Å². The fraction of sp³-hybridized carbons (Fsp3) is 0.161. The van der Waals surface area contributed by atoms with Crippen LogP contribution in [-0.4, -0.2) is 31.4 Å². The number of hydrogen-bond acceptors (Lipinski definition) is 4. The van der Waals surface area contributed by atoms with E-state index in [4.69, 9.17) is 5.11 Å². The maximum absolute atomic E-state index is 13.9. The van der Waals surface area contributed by atoms with Crippen LogP contribution in [-0.2, 0) is 45.2 Å². The van der Waals surface area contributed by atoms with Gasteiger partial charge in [-0.1, -0.05) is 66.7 Å². The molecule has 1 amide bonds. The molecule has 1 aliphatic heterocycles. The Kier molecular flexibility index (Phi) is 9.70. The fourth-order valence-electron chi connectivity index (χ4n) is 4.92. The SMILES string of the molecule is O=C(O)Cc1ccc(CNC(=O)[C@@H]2Cc3ccccc3N2S(=O)(=O)c2ccc(-c3cccc(C(F)(F)F)c3)cc2)cc1.[H-].[Na+]. The number of carbonyl (C=O) groups excluding carboxylic acids is 1. The van der Waals surface area contributed by atoms with Gasteiger partial charge < -0.3 is 11.8 Å². The molecule has 0 aromatic heterocycles. The molecule has 0 saturated carbocycles. The van der Waals surface area contributed by atoms with E-state index in [1.165, 1.54) is 36.4 Å². The van der Waals surface area contributed by atoms with E-state index in [1.807, 2.05) is 0 Å². The van der Waals surface area contributed by atoms with Crippen molar-refractivity contribution < 1.29 is 67.3 Å². The van der Waals surface area contributed by atoms with E-state index in [-0.39, 0.29) is 60.8 Å². The zero-order chi connectivity index (χ0) is 30.1. The average Bonchev–Trinajstić information content (AvgIpc) is 3.37. The molecule has 4 aromatic rings. The Morgan fingerprint density at radius 1 is 0.884 bits per heavy atom. The number of sulfonamides is 1. The normalized spacial score (nSPS) is 14.5. The first-order valence-corrected chi connectivity index (χ1v) is 14.3. The van der Waals surface area contributed by atoms with E-state index >= 15 is 0 Å². The minimum Gasteiger partial charge on any atom is -1.00 e. The van der Waals surface area contributed by atoms with Crippen molar-refractivity contribution in [3.63, 3.8) is 0 Å². The van der Waals surface area contributed by atoms with E-state index < -0.39 is 39.7 Å². The number of aliphatic carboxylic acids is 1. The fourth-order valence-corrected chi connectivity index (χ4v) is 6.57. The van der Waals surface area contributed by atoms with Crippen molar-refractivity contribution >= 4 is 27.6 Å². The summed E-state index contributed by atoms with van der Waals surface area (Å²) in [5.74, 6) is -1.46. The summed E-state index contributed by atoms with van der Waals surface area (Å²) in [5.41, 5.74) is 2.26. The second-order valence-corrected chi connectivity index (χ2v) is 11.7. The molecule has 1 atom stereocenters. The van der Waals surface area contributed by atoms with Gasteiger partial charge >= 0.3 is 41.7 Å². The second-order valence-electron chi connectivity index (χ2n) is 9.86. The summed E-state index contributed by atoms with van der Waals surface area (Å²) in [6.07, 6.45) is -4.48. The number of carboxylic acid groups (broad SMARTS) is 1. The third kappa shape index (κ3) is 7.13. The van der Waals surface area contributed by atoms with Crippen molar-refractivity contribution in [1.29, 1.82) is 0 Å². The van der Waals surface area contributed by atoms with Crippen LogP contribution in [0.2, 0.25) is 0 Å². The minimum atomic E-state index is -4.51. The predicted octanol–water partition coefficient (Wildman–Crippen LogP) is 2.55. The summed E-state index contributed by atoms with van der Waals surface area (Å²) in [6.45, 7) is 0.110. The molecule has 0 bridgehead atoms. The number of carboxylic acids is 1. The zero-order valence-corrected chi connectivity index (χ0v) is 25.8. The molecule has 5 rings (SSSR count). The Morgan fingerprint density at radius 2 is 1.53 bits per heavy atom. The van der Waals surface area contributed by atoms with Crippen LogP contribution in [0.4, 0.5) is 18.9 Å². The van der Waals surface area contributed by atoms with Gasteiger partial charge in [0.25, 0.3) is 10.0 Å². The summed E-state index contributed by atoms with van der Waals surface area (Å²) >= 11 is 0. The Balaban J connectivity index is 0.00000264. The third-order valence-electron chi connectivity index (χ3n) is 7.01. The molecule has 0 unspecified atom stereocenters. The molecule has 12 heteroatoms. The summed E-state index contributed by atoms with van der Waals surface area (Å²) < 4.78 is 68.4. The summed E-state index contributed by atoms with van der Waals surface area (Å²) in [5, 5.41) is 11.7. The molecule has 0 saturated heterocycles. The molecule has 1 heterocycles. The van der Waals surface area contributed by atoms with Crippen molar-refractivity contribution in [3.05, 3.63) is 119 Å². The second kappa shape index (κ2) is 12.9. The number of nitrogens with one attached hydrogen (secondary N) is 1. The van der Waals surface area contributed by atoms with E-state index in [1.54, 1.807) is 48.5 Å². The average molecular weight is 619 g/mol. The van der Waals surface area contributed by atoms with Gasteiger partial charge in [-0.05, 0) is 58.1 Å². The summed E-state index contributed by atoms with van der Waals surface area (Å²) in [6, 6.07) is 22.7. The molecule has 4 aromatic carbocycles. The van der Waals surface area contributed by atoms with Crippen LogP contribution in [0.3, 0.4) is 0 Å². The molecule has 0 spiro atoms. The standard InChI is InChI=1S/C31H25F3N2O5S.Na.H/c32-31(33,34)25-6-3-5-23(17-25)22-12-14-26(15-13-22)42(40,41)36-27-7-2-1-4-24(27)18-28(36)30(39)35-19-21-10-8-20(9-11-21)16-29(37)38;;/h1-15,17,28H,16,18-19H2,(H,35,39)(H,37,38);;/q;+1;-1/t28-;;/m0../s1. The number of para-hydroxylation sites is 1. The van der Waals surface area contributed by atoms with Gasteiger partial charge in [-0.2, -0.15) is 13.2 Å². The Labute approximate surface area is 270 Å². The van der Waals surface area contributed by atoms with E-state index in [0.717, 1.165) is 16.4 Å². The van der Waals surface area contributed by atoms with Crippen LogP contribution < -0.4 is 39.2 Å². The van der Waals surface area contributed by atoms with Gasteiger partial charge in [0.2, 0.25) is 5.91 Å². The van der Waals surface area contributed by atoms with Gasteiger partial charge in [0.15, 0.2) is 0 Å². The van der Waals surface area contributed by atoms with Crippen LogP contribution in [0, 0.1) is 0 Å². The van der Waals surface area contributed by atoms with E-state index in [9.17, 15) is 31.2 Å². The Morgan fingerprint density at radius 3 is 2.19 bits per heavy atom. The number of fused-ring (bicyclic) bond motifs is 1. The topological polar surface area (TPSA) is 104 Å². The number of alkyl halides is 3. The van der Waals surface area contributed by atoms with E-state index in [2.05, 4.69) is 5.32 Å². The molecule has 0 aliphatic carbocycles. The third-order valence-corrected chi connectivity index (χ3v) is 8.84. The Bertz CT molecular complexity index is 1750. The number of rotatable bonds is 8.